The number of rotatable bonds is 8. The zero-order chi connectivity index (χ0) is 25.6. The minimum absolute atomic E-state index is 0.0203. The van der Waals surface area contributed by atoms with E-state index in [4.69, 9.17) is 14.6 Å². The number of aromatic nitrogens is 2. The van der Waals surface area contributed by atoms with E-state index in [0.717, 1.165) is 42.4 Å². The van der Waals surface area contributed by atoms with Crippen LogP contribution in [0.5, 0.6) is 11.5 Å². The molecule has 0 atom stereocenters. The van der Waals surface area contributed by atoms with Crippen molar-refractivity contribution in [2.24, 2.45) is 0 Å². The normalized spacial score (nSPS) is 13.9. The van der Waals surface area contributed by atoms with Gasteiger partial charge in [-0.05, 0) is 43.3 Å². The van der Waals surface area contributed by atoms with Crippen molar-refractivity contribution in [3.63, 3.8) is 0 Å². The summed E-state index contributed by atoms with van der Waals surface area (Å²) in [6.07, 6.45) is 1.86. The van der Waals surface area contributed by atoms with Crippen LogP contribution in [-0.4, -0.2) is 71.9 Å². The van der Waals surface area contributed by atoms with Crippen LogP contribution >= 0.6 is 0 Å². The molecular weight excluding hydrogens is 464 g/mol. The van der Waals surface area contributed by atoms with Gasteiger partial charge in [0.25, 0.3) is 5.91 Å². The molecule has 0 spiro atoms. The predicted octanol–water partition coefficient (Wildman–Crippen LogP) is 4.69. The van der Waals surface area contributed by atoms with Crippen LogP contribution < -0.4 is 9.47 Å². The molecule has 2 heterocycles. The van der Waals surface area contributed by atoms with Crippen LogP contribution in [0.15, 0.2) is 85.1 Å². The first kappa shape index (κ1) is 24.6. The Balaban J connectivity index is 1.24. The van der Waals surface area contributed by atoms with Crippen LogP contribution in [0.2, 0.25) is 0 Å². The molecule has 3 aromatic carbocycles. The van der Waals surface area contributed by atoms with Crippen molar-refractivity contribution in [2.45, 2.75) is 6.92 Å². The van der Waals surface area contributed by atoms with Crippen molar-refractivity contribution < 1.29 is 14.3 Å². The summed E-state index contributed by atoms with van der Waals surface area (Å²) in [5.41, 5.74) is 4.38. The molecule has 1 fully saturated rings. The fraction of sp³-hybridized carbons (Fsp3) is 0.267. The Morgan fingerprint density at radius 1 is 0.865 bits per heavy atom. The summed E-state index contributed by atoms with van der Waals surface area (Å²) < 4.78 is 12.9. The van der Waals surface area contributed by atoms with Gasteiger partial charge in [-0.1, -0.05) is 48.0 Å². The van der Waals surface area contributed by atoms with Crippen molar-refractivity contribution in [3.05, 3.63) is 96.2 Å². The first-order valence-electron chi connectivity index (χ1n) is 12.6. The van der Waals surface area contributed by atoms with Gasteiger partial charge in [0, 0.05) is 44.5 Å². The molecule has 37 heavy (non-hydrogen) atoms. The number of piperazine rings is 1. The minimum Gasteiger partial charge on any atom is -0.497 e. The third kappa shape index (κ3) is 5.84. The number of carbonyl (C=O) groups is 1. The molecule has 0 saturated carbocycles. The molecule has 190 valence electrons. The van der Waals surface area contributed by atoms with E-state index in [1.807, 2.05) is 77.8 Å². The van der Waals surface area contributed by atoms with Crippen LogP contribution in [0.4, 0.5) is 0 Å². The number of hydrogen-bond acceptors (Lipinski definition) is 5. The maximum Gasteiger partial charge on any atom is 0.257 e. The maximum absolute atomic E-state index is 13.7. The quantitative estimate of drug-likeness (QED) is 0.354. The lowest BCUT2D eigenvalue weighted by Crippen LogP contribution is -2.49. The molecule has 0 radical (unpaired) electrons. The molecule has 1 aromatic heterocycles. The van der Waals surface area contributed by atoms with Gasteiger partial charge in [-0.2, -0.15) is 5.10 Å². The predicted molar refractivity (Wildman–Crippen MR) is 145 cm³/mol. The highest BCUT2D eigenvalue weighted by atomic mass is 16.5. The van der Waals surface area contributed by atoms with E-state index in [1.165, 1.54) is 5.56 Å². The molecule has 0 N–H and O–H groups in total. The summed E-state index contributed by atoms with van der Waals surface area (Å²) in [7, 11) is 1.65. The number of methoxy groups -OCH3 is 1. The zero-order valence-electron chi connectivity index (χ0n) is 21.3. The van der Waals surface area contributed by atoms with Crippen molar-refractivity contribution in [1.82, 2.24) is 19.6 Å². The Bertz CT molecular complexity index is 1310. The molecule has 1 aliphatic heterocycles. The molecule has 7 heteroatoms. The Morgan fingerprint density at radius 3 is 2.22 bits per heavy atom. The Hall–Kier alpha value is -4.10. The average Bonchev–Trinajstić information content (AvgIpc) is 3.40. The van der Waals surface area contributed by atoms with Gasteiger partial charge in [0.1, 0.15) is 23.8 Å². The summed E-state index contributed by atoms with van der Waals surface area (Å²) in [4.78, 5) is 18.0. The van der Waals surface area contributed by atoms with E-state index in [9.17, 15) is 4.79 Å². The molecule has 1 aliphatic rings. The largest absolute Gasteiger partial charge is 0.497 e. The lowest BCUT2D eigenvalue weighted by atomic mass is 10.1. The van der Waals surface area contributed by atoms with Gasteiger partial charge >= 0.3 is 0 Å². The number of para-hydroxylation sites is 1. The highest BCUT2D eigenvalue weighted by Crippen LogP contribution is 2.26. The molecule has 4 aromatic rings. The van der Waals surface area contributed by atoms with Gasteiger partial charge in [-0.3, -0.25) is 9.69 Å². The lowest BCUT2D eigenvalue weighted by molar-refractivity contribution is 0.0621. The van der Waals surface area contributed by atoms with E-state index < -0.39 is 0 Å². The summed E-state index contributed by atoms with van der Waals surface area (Å²) in [5.74, 6) is 1.66. The number of benzene rings is 3. The van der Waals surface area contributed by atoms with E-state index in [-0.39, 0.29) is 5.91 Å². The van der Waals surface area contributed by atoms with Crippen molar-refractivity contribution >= 4 is 5.91 Å². The number of aryl methyl sites for hydroxylation is 1. The van der Waals surface area contributed by atoms with Gasteiger partial charge in [-0.25, -0.2) is 4.68 Å². The van der Waals surface area contributed by atoms with Crippen LogP contribution in [-0.2, 0) is 0 Å². The van der Waals surface area contributed by atoms with Crippen molar-refractivity contribution in [1.29, 1.82) is 0 Å². The minimum atomic E-state index is 0.0203. The topological polar surface area (TPSA) is 59.8 Å². The van der Waals surface area contributed by atoms with Gasteiger partial charge in [0.05, 0.1) is 18.4 Å². The Kier molecular flexibility index (Phi) is 7.51. The fourth-order valence-corrected chi connectivity index (χ4v) is 4.48. The second-order valence-electron chi connectivity index (χ2n) is 9.20. The summed E-state index contributed by atoms with van der Waals surface area (Å²) in [5, 5.41) is 4.83. The first-order chi connectivity index (χ1) is 18.1. The van der Waals surface area contributed by atoms with Crippen molar-refractivity contribution in [3.8, 4) is 28.4 Å². The highest BCUT2D eigenvalue weighted by molar-refractivity contribution is 6.00. The molecular formula is C30H32N4O3. The Labute approximate surface area is 217 Å². The lowest BCUT2D eigenvalue weighted by Gasteiger charge is -2.34. The number of hydrogen-bond donors (Lipinski definition) is 0. The van der Waals surface area contributed by atoms with Gasteiger partial charge in [-0.15, -0.1) is 0 Å². The average molecular weight is 497 g/mol. The zero-order valence-corrected chi connectivity index (χ0v) is 21.3. The second-order valence-corrected chi connectivity index (χ2v) is 9.20. The number of amides is 1. The number of ether oxygens (including phenoxy) is 2. The Morgan fingerprint density at radius 2 is 1.54 bits per heavy atom. The van der Waals surface area contributed by atoms with Gasteiger partial charge < -0.3 is 14.4 Å². The molecule has 0 bridgehead atoms. The summed E-state index contributed by atoms with van der Waals surface area (Å²) in [6, 6.07) is 25.7. The highest BCUT2D eigenvalue weighted by Gasteiger charge is 2.26. The summed E-state index contributed by atoms with van der Waals surface area (Å²) in [6.45, 7) is 6.43. The van der Waals surface area contributed by atoms with E-state index >= 15 is 0 Å². The molecule has 0 aliphatic carbocycles. The van der Waals surface area contributed by atoms with Crippen LogP contribution in [0.25, 0.3) is 16.9 Å². The molecule has 0 unspecified atom stereocenters. The smallest absolute Gasteiger partial charge is 0.257 e. The van der Waals surface area contributed by atoms with Crippen molar-refractivity contribution in [2.75, 3.05) is 46.4 Å². The van der Waals surface area contributed by atoms with Crippen LogP contribution in [0.1, 0.15) is 15.9 Å². The molecule has 5 rings (SSSR count). The maximum atomic E-state index is 13.7. The molecule has 7 nitrogen and oxygen atoms in total. The van der Waals surface area contributed by atoms with Crippen LogP contribution in [0, 0.1) is 6.92 Å². The third-order valence-corrected chi connectivity index (χ3v) is 6.69. The SMILES string of the molecule is COc1ccc(OCCN2CCN(C(=O)c3cn(-c4ccccc4)nc3-c3ccc(C)cc3)CC2)cc1. The monoisotopic (exact) mass is 496 g/mol. The van der Waals surface area contributed by atoms with E-state index in [2.05, 4.69) is 24.0 Å². The number of nitrogens with zero attached hydrogens (tertiary/aromatic N) is 4. The standard InChI is InChI=1S/C30H32N4O3/c1-23-8-10-24(11-9-23)29-28(22-34(31-29)25-6-4-3-5-7-25)30(35)33-18-16-32(17-19-33)20-21-37-27-14-12-26(36-2)13-15-27/h3-15,22H,16-21H2,1-2H3. The fourth-order valence-electron chi connectivity index (χ4n) is 4.48. The van der Waals surface area contributed by atoms with Crippen LogP contribution in [0.3, 0.4) is 0 Å². The van der Waals surface area contributed by atoms with Gasteiger partial charge in [0.15, 0.2) is 0 Å². The van der Waals surface area contributed by atoms with E-state index in [1.54, 1.807) is 11.8 Å². The molecule has 1 saturated heterocycles. The second kappa shape index (κ2) is 11.3. The number of carbonyl (C=O) groups excluding carboxylic acids is 1. The van der Waals surface area contributed by atoms with Gasteiger partial charge in [0.2, 0.25) is 0 Å². The molecule has 1 amide bonds. The third-order valence-electron chi connectivity index (χ3n) is 6.69. The first-order valence-corrected chi connectivity index (χ1v) is 12.6. The summed E-state index contributed by atoms with van der Waals surface area (Å²) >= 11 is 0. The van der Waals surface area contributed by atoms with E-state index in [0.29, 0.717) is 31.0 Å².